The standard InChI is InChI=1S/C18H40OSi/c1-5-7-9-11-12-14-16-18(17-19-20(3)4)15-13-10-8-6-2/h18,20H,5-17H2,1-4H3. The zero-order valence-corrected chi connectivity index (χ0v) is 15.9. The Bertz CT molecular complexity index is 182. The molecule has 2 heteroatoms. The summed E-state index contributed by atoms with van der Waals surface area (Å²) in [5, 5.41) is 0. The third kappa shape index (κ3) is 14.6. The van der Waals surface area contributed by atoms with Gasteiger partial charge >= 0.3 is 0 Å². The summed E-state index contributed by atoms with van der Waals surface area (Å²) in [5.74, 6) is 0.841. The summed E-state index contributed by atoms with van der Waals surface area (Å²) in [7, 11) is -0.831. The SMILES string of the molecule is CCCCCCCCC(CCCCCC)CO[SiH](C)C. The van der Waals surface area contributed by atoms with Crippen LogP contribution >= 0.6 is 0 Å². The van der Waals surface area contributed by atoms with Crippen molar-refractivity contribution in [3.8, 4) is 0 Å². The number of unbranched alkanes of at least 4 members (excludes halogenated alkanes) is 8. The average Bonchev–Trinajstić information content (AvgIpc) is 2.43. The third-order valence-electron chi connectivity index (χ3n) is 4.10. The van der Waals surface area contributed by atoms with E-state index in [0.717, 1.165) is 12.5 Å². The predicted octanol–water partition coefficient (Wildman–Crippen LogP) is 6.32. The highest BCUT2D eigenvalue weighted by Crippen LogP contribution is 2.19. The van der Waals surface area contributed by atoms with Gasteiger partial charge in [-0.2, -0.15) is 0 Å². The Morgan fingerprint density at radius 1 is 0.700 bits per heavy atom. The van der Waals surface area contributed by atoms with E-state index in [9.17, 15) is 0 Å². The Morgan fingerprint density at radius 2 is 1.15 bits per heavy atom. The Morgan fingerprint density at radius 3 is 1.65 bits per heavy atom. The topological polar surface area (TPSA) is 9.23 Å². The first-order chi connectivity index (χ1) is 9.70. The van der Waals surface area contributed by atoms with Gasteiger partial charge < -0.3 is 4.43 Å². The highest BCUT2D eigenvalue weighted by Gasteiger charge is 2.10. The van der Waals surface area contributed by atoms with Crippen molar-refractivity contribution in [2.45, 2.75) is 104 Å². The molecule has 0 fully saturated rings. The maximum atomic E-state index is 6.00. The number of rotatable bonds is 15. The number of hydrogen-bond donors (Lipinski definition) is 0. The summed E-state index contributed by atoms with van der Waals surface area (Å²) < 4.78 is 6.00. The normalized spacial score (nSPS) is 13.1. The molecule has 0 rings (SSSR count). The maximum Gasteiger partial charge on any atom is 0.170 e. The van der Waals surface area contributed by atoms with Crippen LogP contribution in [0.4, 0.5) is 0 Å². The van der Waals surface area contributed by atoms with E-state index in [1.54, 1.807) is 0 Å². The predicted molar refractivity (Wildman–Crippen MR) is 95.1 cm³/mol. The van der Waals surface area contributed by atoms with Gasteiger partial charge in [-0.1, -0.05) is 78.1 Å². The molecule has 0 amide bonds. The molecule has 0 spiro atoms. The molecule has 0 N–H and O–H groups in total. The largest absolute Gasteiger partial charge is 0.420 e. The Kier molecular flexibility index (Phi) is 15.7. The summed E-state index contributed by atoms with van der Waals surface area (Å²) in [6, 6.07) is 0. The van der Waals surface area contributed by atoms with Crippen molar-refractivity contribution in [2.24, 2.45) is 5.92 Å². The van der Waals surface area contributed by atoms with E-state index in [-0.39, 0.29) is 0 Å². The lowest BCUT2D eigenvalue weighted by molar-refractivity contribution is 0.227. The van der Waals surface area contributed by atoms with Gasteiger partial charge in [0, 0.05) is 6.61 Å². The lowest BCUT2D eigenvalue weighted by Gasteiger charge is -2.18. The van der Waals surface area contributed by atoms with E-state index in [2.05, 4.69) is 26.9 Å². The average molecular weight is 301 g/mol. The molecule has 0 bridgehead atoms. The van der Waals surface area contributed by atoms with Gasteiger partial charge in [0.2, 0.25) is 0 Å². The van der Waals surface area contributed by atoms with Crippen molar-refractivity contribution in [1.82, 2.24) is 0 Å². The van der Waals surface area contributed by atoms with Crippen LogP contribution in [0.15, 0.2) is 0 Å². The van der Waals surface area contributed by atoms with Crippen LogP contribution < -0.4 is 0 Å². The Hall–Kier alpha value is 0.177. The molecule has 1 unspecified atom stereocenters. The summed E-state index contributed by atoms with van der Waals surface area (Å²) in [4.78, 5) is 0. The monoisotopic (exact) mass is 300 g/mol. The number of hydrogen-bond acceptors (Lipinski definition) is 1. The van der Waals surface area contributed by atoms with Gasteiger partial charge in [-0.3, -0.25) is 0 Å². The van der Waals surface area contributed by atoms with Crippen LogP contribution in [0.25, 0.3) is 0 Å². The molecule has 0 aromatic rings. The van der Waals surface area contributed by atoms with Crippen molar-refractivity contribution in [2.75, 3.05) is 6.61 Å². The highest BCUT2D eigenvalue weighted by molar-refractivity contribution is 6.48. The molecule has 0 saturated carbocycles. The molecule has 0 aromatic carbocycles. The Labute approximate surface area is 130 Å². The summed E-state index contributed by atoms with van der Waals surface area (Å²) >= 11 is 0. The van der Waals surface area contributed by atoms with Gasteiger partial charge in [0.1, 0.15) is 0 Å². The molecule has 1 nitrogen and oxygen atoms in total. The molecule has 0 aliphatic rings. The van der Waals surface area contributed by atoms with E-state index >= 15 is 0 Å². The molecule has 122 valence electrons. The van der Waals surface area contributed by atoms with Crippen LogP contribution in [0.5, 0.6) is 0 Å². The minimum Gasteiger partial charge on any atom is -0.420 e. The van der Waals surface area contributed by atoms with Crippen molar-refractivity contribution in [3.05, 3.63) is 0 Å². The third-order valence-corrected chi connectivity index (χ3v) is 4.96. The molecule has 1 atom stereocenters. The van der Waals surface area contributed by atoms with Gasteiger partial charge in [-0.25, -0.2) is 0 Å². The van der Waals surface area contributed by atoms with Gasteiger partial charge in [-0.15, -0.1) is 0 Å². The van der Waals surface area contributed by atoms with Crippen molar-refractivity contribution >= 4 is 9.04 Å². The lowest BCUT2D eigenvalue weighted by Crippen LogP contribution is -2.16. The fourth-order valence-electron chi connectivity index (χ4n) is 2.71. The zero-order valence-electron chi connectivity index (χ0n) is 14.8. The molecule has 0 aliphatic carbocycles. The second-order valence-corrected chi connectivity index (χ2v) is 9.08. The van der Waals surface area contributed by atoms with Crippen molar-refractivity contribution in [3.63, 3.8) is 0 Å². The molecular formula is C18H40OSi. The van der Waals surface area contributed by atoms with Gasteiger partial charge in [0.15, 0.2) is 9.04 Å². The minimum atomic E-state index is -0.831. The van der Waals surface area contributed by atoms with Crippen LogP contribution in [-0.2, 0) is 4.43 Å². The van der Waals surface area contributed by atoms with Crippen LogP contribution in [0, 0.1) is 5.92 Å². The highest BCUT2D eigenvalue weighted by atomic mass is 28.3. The van der Waals surface area contributed by atoms with Crippen molar-refractivity contribution < 1.29 is 4.43 Å². The maximum absolute atomic E-state index is 6.00. The van der Waals surface area contributed by atoms with Gasteiger partial charge in [0.25, 0.3) is 0 Å². The van der Waals surface area contributed by atoms with Crippen molar-refractivity contribution in [1.29, 1.82) is 0 Å². The molecule has 0 heterocycles. The molecule has 20 heavy (non-hydrogen) atoms. The first-order valence-electron chi connectivity index (χ1n) is 9.32. The minimum absolute atomic E-state index is 0.831. The van der Waals surface area contributed by atoms with Gasteiger partial charge in [0.05, 0.1) is 0 Å². The smallest absolute Gasteiger partial charge is 0.170 e. The second kappa shape index (κ2) is 15.6. The summed E-state index contributed by atoms with van der Waals surface area (Å²) in [6.45, 7) is 10.2. The molecular weight excluding hydrogens is 260 g/mol. The first kappa shape index (κ1) is 20.2. The summed E-state index contributed by atoms with van der Waals surface area (Å²) in [6.07, 6.45) is 16.9. The second-order valence-electron chi connectivity index (χ2n) is 6.65. The molecule has 0 aromatic heterocycles. The quantitative estimate of drug-likeness (QED) is 0.254. The Balaban J connectivity index is 3.68. The summed E-state index contributed by atoms with van der Waals surface area (Å²) in [5.41, 5.74) is 0. The van der Waals surface area contributed by atoms with E-state index in [0.29, 0.717) is 0 Å². The van der Waals surface area contributed by atoms with Gasteiger partial charge in [-0.05, 0) is 31.9 Å². The first-order valence-corrected chi connectivity index (χ1v) is 12.1. The fourth-order valence-corrected chi connectivity index (χ4v) is 3.37. The van der Waals surface area contributed by atoms with Crippen LogP contribution in [0.1, 0.15) is 90.9 Å². The molecule has 0 aliphatic heterocycles. The van der Waals surface area contributed by atoms with E-state index < -0.39 is 9.04 Å². The van der Waals surface area contributed by atoms with Crippen LogP contribution in [-0.4, -0.2) is 15.6 Å². The molecule has 0 saturated heterocycles. The lowest BCUT2D eigenvalue weighted by atomic mass is 9.95. The zero-order chi connectivity index (χ0) is 15.1. The van der Waals surface area contributed by atoms with Crippen LogP contribution in [0.3, 0.4) is 0 Å². The van der Waals surface area contributed by atoms with E-state index in [4.69, 9.17) is 4.43 Å². The fraction of sp³-hybridized carbons (Fsp3) is 1.00. The molecule has 0 radical (unpaired) electrons. The van der Waals surface area contributed by atoms with Crippen LogP contribution in [0.2, 0.25) is 13.1 Å². The van der Waals surface area contributed by atoms with E-state index in [1.165, 1.54) is 77.0 Å². The van der Waals surface area contributed by atoms with E-state index in [1.807, 2.05) is 0 Å².